The highest BCUT2D eigenvalue weighted by Gasteiger charge is 2.40. The lowest BCUT2D eigenvalue weighted by Gasteiger charge is -2.17. The summed E-state index contributed by atoms with van der Waals surface area (Å²) in [7, 11) is 0. The van der Waals surface area contributed by atoms with Gasteiger partial charge in [0.2, 0.25) is 0 Å². The zero-order valence-electron chi connectivity index (χ0n) is 15.4. The molecule has 0 fully saturated rings. The first-order chi connectivity index (χ1) is 13.7. The van der Waals surface area contributed by atoms with Gasteiger partial charge in [-0.1, -0.05) is 24.1 Å². The fraction of sp³-hybridized carbons (Fsp3) is 0.200. The molecular formula is C20H18F3N3O2S. The highest BCUT2D eigenvalue weighted by molar-refractivity contribution is 8.00. The average Bonchev–Trinajstić information content (AvgIpc) is 3.02. The second-order valence-corrected chi connectivity index (χ2v) is 7.50. The van der Waals surface area contributed by atoms with E-state index in [1.807, 2.05) is 6.07 Å². The van der Waals surface area contributed by atoms with Crippen molar-refractivity contribution in [2.75, 3.05) is 4.90 Å². The summed E-state index contributed by atoms with van der Waals surface area (Å²) in [6.45, 7) is 1.56. The van der Waals surface area contributed by atoms with E-state index in [9.17, 15) is 22.8 Å². The molecule has 0 saturated heterocycles. The molecule has 1 aliphatic rings. The smallest absolute Gasteiger partial charge is 0.401 e. The fourth-order valence-corrected chi connectivity index (χ4v) is 3.44. The molecule has 152 valence electrons. The van der Waals surface area contributed by atoms with Gasteiger partial charge in [-0.05, 0) is 42.3 Å². The number of hydrogen-bond donors (Lipinski definition) is 2. The fourth-order valence-electron chi connectivity index (χ4n) is 3.21. The van der Waals surface area contributed by atoms with Crippen LogP contribution in [0.25, 0.3) is 0 Å². The van der Waals surface area contributed by atoms with E-state index in [1.54, 1.807) is 25.1 Å². The van der Waals surface area contributed by atoms with E-state index >= 15 is 0 Å². The zero-order valence-corrected chi connectivity index (χ0v) is 16.2. The Morgan fingerprint density at radius 2 is 2.00 bits per heavy atom. The SMILES string of the molecule is C/C(SN)=C(/N)Cc1cccc(N2Cc3c(cc(C=O)cc3C(F)(F)F)C2=O)c1. The average molecular weight is 421 g/mol. The van der Waals surface area contributed by atoms with Crippen LogP contribution in [0.15, 0.2) is 47.0 Å². The molecule has 1 aliphatic heterocycles. The standard InChI is InChI=1S/C20H18F3N3O2S/c1-11(29-25)18(24)8-12-3-2-4-14(5-12)26-9-16-15(19(26)28)6-13(10-27)7-17(16)20(21,22)23/h2-7,10H,8-9,24-25H2,1H3/b18-11-. The van der Waals surface area contributed by atoms with Gasteiger partial charge in [0, 0.05) is 33.8 Å². The number of fused-ring (bicyclic) bond motifs is 1. The maximum atomic E-state index is 13.5. The summed E-state index contributed by atoms with van der Waals surface area (Å²) < 4.78 is 40.4. The van der Waals surface area contributed by atoms with Gasteiger partial charge in [0.1, 0.15) is 6.29 Å². The minimum atomic E-state index is -4.67. The first-order valence-electron chi connectivity index (χ1n) is 8.57. The summed E-state index contributed by atoms with van der Waals surface area (Å²) in [4.78, 5) is 25.9. The Labute approximate surface area is 169 Å². The molecule has 1 amide bonds. The van der Waals surface area contributed by atoms with Gasteiger partial charge in [0.15, 0.2) is 0 Å². The molecule has 1 heterocycles. The third-order valence-corrected chi connectivity index (χ3v) is 5.37. The van der Waals surface area contributed by atoms with Gasteiger partial charge in [-0.25, -0.2) is 0 Å². The Hall–Kier alpha value is -2.78. The summed E-state index contributed by atoms with van der Waals surface area (Å²) in [5.74, 6) is -0.580. The lowest BCUT2D eigenvalue weighted by atomic mass is 9.99. The largest absolute Gasteiger partial charge is 0.416 e. The van der Waals surface area contributed by atoms with Crippen molar-refractivity contribution in [1.29, 1.82) is 0 Å². The molecule has 0 aliphatic carbocycles. The Morgan fingerprint density at radius 3 is 2.62 bits per heavy atom. The van der Waals surface area contributed by atoms with Crippen LogP contribution < -0.4 is 15.8 Å². The van der Waals surface area contributed by atoms with Gasteiger partial charge < -0.3 is 10.6 Å². The van der Waals surface area contributed by atoms with Crippen molar-refractivity contribution in [3.8, 4) is 0 Å². The third kappa shape index (κ3) is 4.15. The van der Waals surface area contributed by atoms with Crippen molar-refractivity contribution in [1.82, 2.24) is 0 Å². The Bertz CT molecular complexity index is 1020. The van der Waals surface area contributed by atoms with Crippen molar-refractivity contribution in [3.05, 3.63) is 74.8 Å². The van der Waals surface area contributed by atoms with E-state index < -0.39 is 17.6 Å². The van der Waals surface area contributed by atoms with Crippen LogP contribution in [0.1, 0.15) is 44.3 Å². The molecule has 4 N–H and O–H groups in total. The minimum absolute atomic E-state index is 0.109. The van der Waals surface area contributed by atoms with Crippen molar-refractivity contribution in [2.24, 2.45) is 10.9 Å². The topological polar surface area (TPSA) is 89.4 Å². The summed E-state index contributed by atoms with van der Waals surface area (Å²) >= 11 is 1.04. The van der Waals surface area contributed by atoms with Crippen LogP contribution in [0, 0.1) is 0 Å². The van der Waals surface area contributed by atoms with Crippen molar-refractivity contribution < 1.29 is 22.8 Å². The van der Waals surface area contributed by atoms with E-state index in [0.29, 0.717) is 24.1 Å². The van der Waals surface area contributed by atoms with Crippen molar-refractivity contribution in [2.45, 2.75) is 26.1 Å². The van der Waals surface area contributed by atoms with Crippen LogP contribution in [-0.2, 0) is 19.1 Å². The molecule has 2 aromatic rings. The molecule has 9 heteroatoms. The maximum absolute atomic E-state index is 13.5. The first kappa shape index (κ1) is 20.9. The van der Waals surface area contributed by atoms with E-state index in [4.69, 9.17) is 10.9 Å². The van der Waals surface area contributed by atoms with E-state index in [0.717, 1.165) is 28.5 Å². The molecule has 0 saturated carbocycles. The number of nitrogens with zero attached hydrogens (tertiary/aromatic N) is 1. The summed E-state index contributed by atoms with van der Waals surface area (Å²) in [6.07, 6.45) is -3.97. The molecule has 29 heavy (non-hydrogen) atoms. The van der Waals surface area contributed by atoms with Crippen molar-refractivity contribution >= 4 is 29.8 Å². The highest BCUT2D eigenvalue weighted by atomic mass is 32.2. The lowest BCUT2D eigenvalue weighted by molar-refractivity contribution is -0.138. The van der Waals surface area contributed by atoms with Crippen LogP contribution in [0.3, 0.4) is 0 Å². The number of hydrogen-bond acceptors (Lipinski definition) is 5. The molecule has 0 radical (unpaired) electrons. The molecule has 5 nitrogen and oxygen atoms in total. The van der Waals surface area contributed by atoms with Gasteiger partial charge >= 0.3 is 6.18 Å². The number of allylic oxidation sites excluding steroid dienone is 2. The number of alkyl halides is 3. The van der Waals surface area contributed by atoms with Crippen LogP contribution in [0.4, 0.5) is 18.9 Å². The number of halogens is 3. The van der Waals surface area contributed by atoms with Crippen LogP contribution in [0.5, 0.6) is 0 Å². The number of carbonyl (C=O) groups is 2. The molecule has 2 aromatic carbocycles. The first-order valence-corrected chi connectivity index (χ1v) is 9.45. The van der Waals surface area contributed by atoms with Gasteiger partial charge in [-0.2, -0.15) is 13.2 Å². The third-order valence-electron chi connectivity index (χ3n) is 4.75. The van der Waals surface area contributed by atoms with Gasteiger partial charge in [-0.3, -0.25) is 14.7 Å². The number of nitrogens with two attached hydrogens (primary N) is 2. The number of anilines is 1. The summed E-state index contributed by atoms with van der Waals surface area (Å²) in [5, 5.41) is 5.51. The minimum Gasteiger partial charge on any atom is -0.401 e. The Kier molecular flexibility index (Phi) is 5.72. The monoisotopic (exact) mass is 421 g/mol. The molecule has 0 bridgehead atoms. The summed E-state index contributed by atoms with van der Waals surface area (Å²) in [5.41, 5.74) is 6.42. The predicted molar refractivity (Wildman–Crippen MR) is 106 cm³/mol. The normalized spacial score (nSPS) is 14.7. The van der Waals surface area contributed by atoms with Gasteiger partial charge in [0.05, 0.1) is 12.1 Å². The number of aldehydes is 1. The van der Waals surface area contributed by atoms with Crippen LogP contribution in [0.2, 0.25) is 0 Å². The lowest BCUT2D eigenvalue weighted by Crippen LogP contribution is -2.23. The van der Waals surface area contributed by atoms with Crippen LogP contribution in [-0.4, -0.2) is 12.2 Å². The molecule has 0 atom stereocenters. The maximum Gasteiger partial charge on any atom is 0.416 e. The predicted octanol–water partition coefficient (Wildman–Crippen LogP) is 4.02. The molecule has 0 spiro atoms. The molecular weight excluding hydrogens is 403 g/mol. The van der Waals surface area contributed by atoms with Crippen LogP contribution >= 0.6 is 11.9 Å². The number of benzene rings is 2. The zero-order chi connectivity index (χ0) is 21.3. The highest BCUT2D eigenvalue weighted by Crippen LogP contribution is 2.39. The molecule has 0 aromatic heterocycles. The molecule has 0 unspecified atom stereocenters. The van der Waals surface area contributed by atoms with Gasteiger partial charge in [0.25, 0.3) is 5.91 Å². The van der Waals surface area contributed by atoms with E-state index in [1.165, 1.54) is 11.0 Å². The summed E-state index contributed by atoms with van der Waals surface area (Å²) in [6, 6.07) is 8.85. The quantitative estimate of drug-likeness (QED) is 0.562. The second-order valence-electron chi connectivity index (χ2n) is 6.65. The van der Waals surface area contributed by atoms with E-state index in [2.05, 4.69) is 0 Å². The Balaban J connectivity index is 1.99. The second kappa shape index (κ2) is 7.92. The van der Waals surface area contributed by atoms with Gasteiger partial charge in [-0.15, -0.1) is 0 Å². The molecule has 3 rings (SSSR count). The number of amides is 1. The van der Waals surface area contributed by atoms with E-state index in [-0.39, 0.29) is 23.2 Å². The number of rotatable bonds is 5. The number of carbonyl (C=O) groups excluding carboxylic acids is 2. The van der Waals surface area contributed by atoms with Crippen molar-refractivity contribution in [3.63, 3.8) is 0 Å². The Morgan fingerprint density at radius 1 is 1.28 bits per heavy atom.